The highest BCUT2D eigenvalue weighted by molar-refractivity contribution is 7.00. The van der Waals surface area contributed by atoms with Gasteiger partial charge in [-0.05, 0) is 25.0 Å². The summed E-state index contributed by atoms with van der Waals surface area (Å²) in [5.41, 5.74) is 1.51. The van der Waals surface area contributed by atoms with Crippen molar-refractivity contribution < 1.29 is 14.7 Å². The number of aliphatic carboxylic acids is 1. The third-order valence-electron chi connectivity index (χ3n) is 3.41. The number of urea groups is 1. The third kappa shape index (κ3) is 2.52. The molecule has 1 atom stereocenters. The number of hydrogen-bond acceptors (Lipinski definition) is 5. The van der Waals surface area contributed by atoms with E-state index in [0.717, 1.165) is 11.7 Å². The molecular formula is C12H11ClN4O3S. The normalized spacial score (nSPS) is 18.1. The van der Waals surface area contributed by atoms with Crippen LogP contribution < -0.4 is 5.32 Å². The van der Waals surface area contributed by atoms with Gasteiger partial charge in [0.1, 0.15) is 17.1 Å². The van der Waals surface area contributed by atoms with E-state index in [1.165, 1.54) is 4.90 Å². The van der Waals surface area contributed by atoms with Crippen LogP contribution in [0, 0.1) is 0 Å². The molecular weight excluding hydrogens is 316 g/mol. The van der Waals surface area contributed by atoms with Crippen LogP contribution in [0.15, 0.2) is 12.1 Å². The maximum Gasteiger partial charge on any atom is 0.326 e. The Balaban J connectivity index is 1.88. The van der Waals surface area contributed by atoms with E-state index in [4.69, 9.17) is 16.7 Å². The third-order valence-corrected chi connectivity index (χ3v) is 4.27. The smallest absolute Gasteiger partial charge is 0.326 e. The van der Waals surface area contributed by atoms with Crippen molar-refractivity contribution in [3.8, 4) is 0 Å². The standard InChI is InChI=1S/C12H11ClN4O3S/c13-6-3-4-7-10(16-21-15-7)9(6)14-12(20)17-5-1-2-8(17)11(18)19/h3-4,8H,1-2,5H2,(H,14,20)(H,18,19). The Kier molecular flexibility index (Phi) is 3.64. The van der Waals surface area contributed by atoms with Crippen LogP contribution in [0.5, 0.6) is 0 Å². The number of hydrogen-bond donors (Lipinski definition) is 2. The lowest BCUT2D eigenvalue weighted by atomic mass is 10.2. The molecule has 2 aromatic rings. The summed E-state index contributed by atoms with van der Waals surface area (Å²) in [6.45, 7) is 0.408. The Morgan fingerprint density at radius 2 is 2.24 bits per heavy atom. The number of likely N-dealkylation sites (tertiary alicyclic amines) is 1. The molecule has 1 aliphatic heterocycles. The molecule has 9 heteroatoms. The zero-order valence-corrected chi connectivity index (χ0v) is 12.3. The van der Waals surface area contributed by atoms with Crippen molar-refractivity contribution in [1.29, 1.82) is 0 Å². The van der Waals surface area contributed by atoms with E-state index in [-0.39, 0.29) is 0 Å². The van der Waals surface area contributed by atoms with E-state index in [1.54, 1.807) is 12.1 Å². The van der Waals surface area contributed by atoms with E-state index in [9.17, 15) is 9.59 Å². The Morgan fingerprint density at radius 3 is 3.00 bits per heavy atom. The number of anilines is 1. The monoisotopic (exact) mass is 326 g/mol. The topological polar surface area (TPSA) is 95.4 Å². The summed E-state index contributed by atoms with van der Waals surface area (Å²) < 4.78 is 8.19. The number of aromatic nitrogens is 2. The first-order valence-electron chi connectivity index (χ1n) is 6.29. The van der Waals surface area contributed by atoms with Crippen LogP contribution in [0.1, 0.15) is 12.8 Å². The van der Waals surface area contributed by atoms with Crippen LogP contribution in [0.4, 0.5) is 10.5 Å². The summed E-state index contributed by atoms with van der Waals surface area (Å²) in [4.78, 5) is 24.7. The Bertz CT molecular complexity index is 720. The molecule has 1 saturated heterocycles. The summed E-state index contributed by atoms with van der Waals surface area (Å²) in [6.07, 6.45) is 1.12. The number of fused-ring (bicyclic) bond motifs is 1. The van der Waals surface area contributed by atoms with Gasteiger partial charge in [-0.3, -0.25) is 0 Å². The molecule has 3 rings (SSSR count). The van der Waals surface area contributed by atoms with Gasteiger partial charge in [0.15, 0.2) is 0 Å². The molecule has 2 N–H and O–H groups in total. The van der Waals surface area contributed by atoms with Gasteiger partial charge in [0.2, 0.25) is 0 Å². The molecule has 7 nitrogen and oxygen atoms in total. The van der Waals surface area contributed by atoms with Crippen LogP contribution in [0.25, 0.3) is 11.0 Å². The van der Waals surface area contributed by atoms with Crippen molar-refractivity contribution in [3.05, 3.63) is 17.2 Å². The maximum absolute atomic E-state index is 12.3. The van der Waals surface area contributed by atoms with Crippen molar-refractivity contribution in [2.24, 2.45) is 0 Å². The summed E-state index contributed by atoms with van der Waals surface area (Å²) in [5.74, 6) is -0.998. The minimum absolute atomic E-state index is 0.342. The highest BCUT2D eigenvalue weighted by Crippen LogP contribution is 2.30. The summed E-state index contributed by atoms with van der Waals surface area (Å²) in [7, 11) is 0. The van der Waals surface area contributed by atoms with Gasteiger partial charge in [0.05, 0.1) is 22.4 Å². The van der Waals surface area contributed by atoms with Crippen LogP contribution in [0.2, 0.25) is 5.02 Å². The van der Waals surface area contributed by atoms with E-state index in [2.05, 4.69) is 14.1 Å². The lowest BCUT2D eigenvalue weighted by Crippen LogP contribution is -2.42. The van der Waals surface area contributed by atoms with Crippen LogP contribution in [0.3, 0.4) is 0 Å². The first-order chi connectivity index (χ1) is 10.1. The number of carboxylic acids is 1. The molecule has 0 bridgehead atoms. The Morgan fingerprint density at radius 1 is 1.43 bits per heavy atom. The van der Waals surface area contributed by atoms with Crippen molar-refractivity contribution in [2.75, 3.05) is 11.9 Å². The molecule has 1 aliphatic rings. The SMILES string of the molecule is O=C(O)C1CCCN1C(=O)Nc1c(Cl)ccc2nsnc12. The molecule has 0 aliphatic carbocycles. The van der Waals surface area contributed by atoms with Crippen LogP contribution >= 0.6 is 23.3 Å². The van der Waals surface area contributed by atoms with Gasteiger partial charge < -0.3 is 15.3 Å². The number of benzene rings is 1. The summed E-state index contributed by atoms with van der Waals surface area (Å²) in [5, 5.41) is 12.1. The number of carboxylic acid groups (broad SMARTS) is 1. The van der Waals surface area contributed by atoms with Crippen molar-refractivity contribution in [1.82, 2.24) is 13.6 Å². The average molecular weight is 327 g/mol. The van der Waals surface area contributed by atoms with E-state index < -0.39 is 18.0 Å². The number of halogens is 1. The first kappa shape index (κ1) is 14.0. The summed E-state index contributed by atoms with van der Waals surface area (Å²) in [6, 6.07) is 2.06. The number of carbonyl (C=O) groups excluding carboxylic acids is 1. The van der Waals surface area contributed by atoms with Gasteiger partial charge in [-0.25, -0.2) is 9.59 Å². The second kappa shape index (κ2) is 5.45. The van der Waals surface area contributed by atoms with Gasteiger partial charge in [-0.15, -0.1) is 0 Å². The number of nitrogens with zero attached hydrogens (tertiary/aromatic N) is 3. The minimum Gasteiger partial charge on any atom is -0.480 e. The van der Waals surface area contributed by atoms with Crippen LogP contribution in [-0.4, -0.2) is 43.3 Å². The van der Waals surface area contributed by atoms with Gasteiger partial charge >= 0.3 is 12.0 Å². The molecule has 1 aromatic heterocycles. The molecule has 0 spiro atoms. The van der Waals surface area contributed by atoms with Crippen molar-refractivity contribution in [3.63, 3.8) is 0 Å². The van der Waals surface area contributed by atoms with E-state index >= 15 is 0 Å². The zero-order valence-electron chi connectivity index (χ0n) is 10.7. The lowest BCUT2D eigenvalue weighted by molar-refractivity contribution is -0.141. The van der Waals surface area contributed by atoms with Gasteiger partial charge in [-0.2, -0.15) is 8.75 Å². The molecule has 21 heavy (non-hydrogen) atoms. The Labute approximate surface area is 128 Å². The molecule has 2 amide bonds. The van der Waals surface area contributed by atoms with E-state index in [1.807, 2.05) is 0 Å². The van der Waals surface area contributed by atoms with E-state index in [0.29, 0.717) is 41.1 Å². The van der Waals surface area contributed by atoms with Crippen molar-refractivity contribution in [2.45, 2.75) is 18.9 Å². The largest absolute Gasteiger partial charge is 0.480 e. The fourth-order valence-corrected chi connectivity index (χ4v) is 3.13. The second-order valence-electron chi connectivity index (χ2n) is 4.67. The molecule has 110 valence electrons. The predicted octanol–water partition coefficient (Wildman–Crippen LogP) is 2.43. The molecule has 1 fully saturated rings. The van der Waals surface area contributed by atoms with Crippen LogP contribution in [-0.2, 0) is 4.79 Å². The van der Waals surface area contributed by atoms with Crippen molar-refractivity contribution >= 4 is 52.1 Å². The highest BCUT2D eigenvalue weighted by Gasteiger charge is 2.34. The fraction of sp³-hybridized carbons (Fsp3) is 0.333. The van der Waals surface area contributed by atoms with Gasteiger partial charge in [0.25, 0.3) is 0 Å². The number of carbonyl (C=O) groups is 2. The minimum atomic E-state index is -0.998. The Hall–Kier alpha value is -1.93. The molecule has 2 heterocycles. The first-order valence-corrected chi connectivity index (χ1v) is 7.40. The molecule has 0 radical (unpaired) electrons. The quantitative estimate of drug-likeness (QED) is 0.883. The average Bonchev–Trinajstić information content (AvgIpc) is 3.09. The second-order valence-corrected chi connectivity index (χ2v) is 5.61. The van der Waals surface area contributed by atoms with Gasteiger partial charge in [-0.1, -0.05) is 11.6 Å². The van der Waals surface area contributed by atoms with Gasteiger partial charge in [0, 0.05) is 6.54 Å². The maximum atomic E-state index is 12.3. The fourth-order valence-electron chi connectivity index (χ4n) is 2.39. The molecule has 0 saturated carbocycles. The zero-order chi connectivity index (χ0) is 15.0. The lowest BCUT2D eigenvalue weighted by Gasteiger charge is -2.22. The number of nitrogens with one attached hydrogen (secondary N) is 1. The predicted molar refractivity (Wildman–Crippen MR) is 78.8 cm³/mol. The number of rotatable bonds is 2. The number of amides is 2. The molecule has 1 unspecified atom stereocenters. The molecule has 1 aromatic carbocycles. The summed E-state index contributed by atoms with van der Waals surface area (Å²) >= 11 is 7.12. The highest BCUT2D eigenvalue weighted by atomic mass is 35.5.